The number of methoxy groups -OCH3 is 1. The number of aliphatic carboxylic acids is 1. The zero-order valence-electron chi connectivity index (χ0n) is 14.2. The summed E-state index contributed by atoms with van der Waals surface area (Å²) in [7, 11) is 1.51. The van der Waals surface area contributed by atoms with E-state index in [4.69, 9.17) is 4.74 Å². The number of nitrogens with zero attached hydrogens (tertiary/aromatic N) is 2. The number of carbonyl (C=O) groups is 3. The average Bonchev–Trinajstić information content (AvgIpc) is 3.20. The maximum absolute atomic E-state index is 12.8. The molecule has 2 aliphatic rings. The summed E-state index contributed by atoms with van der Waals surface area (Å²) in [5.74, 6) is -0.633. The minimum absolute atomic E-state index is 0.173. The maximum atomic E-state index is 12.8. The molecule has 0 bridgehead atoms. The van der Waals surface area contributed by atoms with Crippen LogP contribution in [-0.2, 0) is 4.79 Å². The molecule has 2 N–H and O–H groups in total. The number of nitrogens with one attached hydrogen (secondary N) is 1. The van der Waals surface area contributed by atoms with E-state index >= 15 is 0 Å². The second-order valence-corrected chi connectivity index (χ2v) is 6.61. The van der Waals surface area contributed by atoms with Gasteiger partial charge in [-0.2, -0.15) is 0 Å². The minimum Gasteiger partial charge on any atom is -0.495 e. The molecule has 1 aromatic carbocycles. The van der Waals surface area contributed by atoms with Crippen LogP contribution in [0.3, 0.4) is 0 Å². The number of carboxylic acid groups (broad SMARTS) is 1. The van der Waals surface area contributed by atoms with Crippen molar-refractivity contribution < 1.29 is 24.2 Å². The molecule has 1 unspecified atom stereocenters. The fourth-order valence-corrected chi connectivity index (χ4v) is 3.23. The monoisotopic (exact) mass is 347 g/mol. The lowest BCUT2D eigenvalue weighted by atomic mass is 9.90. The molecule has 0 saturated carbocycles. The number of carboxylic acids is 1. The van der Waals surface area contributed by atoms with Crippen LogP contribution in [0.2, 0.25) is 0 Å². The smallest absolute Gasteiger partial charge is 0.322 e. The second kappa shape index (κ2) is 6.27. The number of urea groups is 1. The Morgan fingerprint density at radius 3 is 2.64 bits per heavy atom. The van der Waals surface area contributed by atoms with E-state index in [0.717, 1.165) is 0 Å². The number of rotatable bonds is 4. The quantitative estimate of drug-likeness (QED) is 0.851. The first-order chi connectivity index (χ1) is 11.9. The largest absolute Gasteiger partial charge is 0.495 e. The predicted octanol–water partition coefficient (Wildman–Crippen LogP) is 1.16. The van der Waals surface area contributed by atoms with Crippen LogP contribution in [0.15, 0.2) is 18.2 Å². The van der Waals surface area contributed by atoms with E-state index in [1.165, 1.54) is 12.0 Å². The van der Waals surface area contributed by atoms with Crippen molar-refractivity contribution in [3.05, 3.63) is 23.8 Å². The van der Waals surface area contributed by atoms with Gasteiger partial charge in [-0.05, 0) is 31.5 Å². The Morgan fingerprint density at radius 2 is 2.08 bits per heavy atom. The third-order valence-corrected chi connectivity index (χ3v) is 4.85. The van der Waals surface area contributed by atoms with Gasteiger partial charge in [0.25, 0.3) is 5.91 Å². The van der Waals surface area contributed by atoms with Gasteiger partial charge in [-0.15, -0.1) is 0 Å². The topological polar surface area (TPSA) is 99.2 Å². The van der Waals surface area contributed by atoms with Crippen molar-refractivity contribution in [1.82, 2.24) is 10.2 Å². The van der Waals surface area contributed by atoms with Crippen molar-refractivity contribution in [2.75, 3.05) is 38.2 Å². The highest BCUT2D eigenvalue weighted by molar-refractivity contribution is 6.00. The molecule has 2 fully saturated rings. The van der Waals surface area contributed by atoms with Gasteiger partial charge in [0.1, 0.15) is 5.75 Å². The molecular formula is C17H21N3O5. The molecule has 25 heavy (non-hydrogen) atoms. The van der Waals surface area contributed by atoms with E-state index in [9.17, 15) is 19.5 Å². The third kappa shape index (κ3) is 2.99. The number of amides is 3. The number of anilines is 1. The lowest BCUT2D eigenvalue weighted by Gasteiger charge is -2.22. The fourth-order valence-electron chi connectivity index (χ4n) is 3.23. The molecule has 2 aliphatic heterocycles. The van der Waals surface area contributed by atoms with Crippen LogP contribution in [0.4, 0.5) is 10.5 Å². The van der Waals surface area contributed by atoms with Crippen molar-refractivity contribution in [2.45, 2.75) is 13.3 Å². The van der Waals surface area contributed by atoms with E-state index in [2.05, 4.69) is 5.32 Å². The number of ether oxygens (including phenoxy) is 1. The second-order valence-electron chi connectivity index (χ2n) is 6.61. The zero-order valence-corrected chi connectivity index (χ0v) is 14.2. The number of benzene rings is 1. The Morgan fingerprint density at radius 1 is 1.32 bits per heavy atom. The van der Waals surface area contributed by atoms with Crippen LogP contribution in [0.5, 0.6) is 5.75 Å². The van der Waals surface area contributed by atoms with Crippen molar-refractivity contribution >= 4 is 23.6 Å². The van der Waals surface area contributed by atoms with Crippen LogP contribution in [0.25, 0.3) is 0 Å². The summed E-state index contributed by atoms with van der Waals surface area (Å²) in [5, 5.41) is 12.0. The summed E-state index contributed by atoms with van der Waals surface area (Å²) in [6.07, 6.45) is 0.422. The van der Waals surface area contributed by atoms with Crippen LogP contribution >= 0.6 is 0 Å². The molecule has 1 aromatic rings. The molecule has 2 saturated heterocycles. The van der Waals surface area contributed by atoms with Crippen molar-refractivity contribution in [1.29, 1.82) is 0 Å². The first-order valence-corrected chi connectivity index (χ1v) is 8.12. The van der Waals surface area contributed by atoms with Crippen LogP contribution < -0.4 is 15.0 Å². The maximum Gasteiger partial charge on any atom is 0.322 e. The van der Waals surface area contributed by atoms with Gasteiger partial charge in [0.15, 0.2) is 0 Å². The summed E-state index contributed by atoms with van der Waals surface area (Å²) >= 11 is 0. The molecule has 0 aliphatic carbocycles. The van der Waals surface area contributed by atoms with Gasteiger partial charge in [-0.25, -0.2) is 4.79 Å². The van der Waals surface area contributed by atoms with E-state index in [-0.39, 0.29) is 18.5 Å². The van der Waals surface area contributed by atoms with E-state index in [0.29, 0.717) is 43.1 Å². The molecule has 134 valence electrons. The highest BCUT2D eigenvalue weighted by Gasteiger charge is 2.42. The fraction of sp³-hybridized carbons (Fsp3) is 0.471. The summed E-state index contributed by atoms with van der Waals surface area (Å²) in [6.45, 7) is 3.24. The predicted molar refractivity (Wildman–Crippen MR) is 90.0 cm³/mol. The molecule has 3 rings (SSSR count). The molecule has 2 heterocycles. The van der Waals surface area contributed by atoms with Crippen LogP contribution in [-0.4, -0.2) is 61.2 Å². The van der Waals surface area contributed by atoms with E-state index < -0.39 is 11.4 Å². The Labute approximate surface area is 145 Å². The van der Waals surface area contributed by atoms with Crippen molar-refractivity contribution in [2.24, 2.45) is 5.41 Å². The van der Waals surface area contributed by atoms with Gasteiger partial charge >= 0.3 is 12.0 Å². The summed E-state index contributed by atoms with van der Waals surface area (Å²) in [4.78, 5) is 39.2. The van der Waals surface area contributed by atoms with Gasteiger partial charge in [0, 0.05) is 31.7 Å². The third-order valence-electron chi connectivity index (χ3n) is 4.85. The first-order valence-electron chi connectivity index (χ1n) is 8.12. The summed E-state index contributed by atoms with van der Waals surface area (Å²) in [6, 6.07) is 4.68. The molecule has 3 amide bonds. The van der Waals surface area contributed by atoms with Gasteiger partial charge < -0.3 is 20.1 Å². The van der Waals surface area contributed by atoms with Crippen molar-refractivity contribution in [3.8, 4) is 5.75 Å². The van der Waals surface area contributed by atoms with Gasteiger partial charge in [0.05, 0.1) is 18.2 Å². The SMILES string of the molecule is COc1ccc(C(=O)N2CCC(C)(C(=O)O)C2)cc1N1CCNC1=O. The molecule has 0 radical (unpaired) electrons. The number of carbonyl (C=O) groups excluding carboxylic acids is 2. The van der Waals surface area contributed by atoms with E-state index in [1.807, 2.05) is 0 Å². The number of likely N-dealkylation sites (tertiary alicyclic amines) is 1. The zero-order chi connectivity index (χ0) is 18.2. The molecular weight excluding hydrogens is 326 g/mol. The minimum atomic E-state index is -0.917. The Bertz CT molecular complexity index is 735. The molecule has 0 spiro atoms. The summed E-state index contributed by atoms with van der Waals surface area (Å²) in [5.41, 5.74) is 0.0217. The molecule has 0 aromatic heterocycles. The highest BCUT2D eigenvalue weighted by atomic mass is 16.5. The van der Waals surface area contributed by atoms with Gasteiger partial charge in [0.2, 0.25) is 0 Å². The lowest BCUT2D eigenvalue weighted by molar-refractivity contribution is -0.147. The van der Waals surface area contributed by atoms with Crippen molar-refractivity contribution in [3.63, 3.8) is 0 Å². The average molecular weight is 347 g/mol. The standard InChI is InChI=1S/C17H21N3O5/c1-17(15(22)23)5-7-19(10-17)14(21)11-3-4-13(25-2)12(9-11)20-8-6-18-16(20)24/h3-4,9H,5-8,10H2,1-2H3,(H,18,24)(H,22,23). The number of hydrogen-bond donors (Lipinski definition) is 2. The Hall–Kier alpha value is -2.77. The molecule has 1 atom stereocenters. The Balaban J connectivity index is 1.87. The molecule has 8 nitrogen and oxygen atoms in total. The molecule has 8 heteroatoms. The lowest BCUT2D eigenvalue weighted by Crippen LogP contribution is -2.35. The van der Waals surface area contributed by atoms with Crippen LogP contribution in [0, 0.1) is 5.41 Å². The van der Waals surface area contributed by atoms with Gasteiger partial charge in [-0.1, -0.05) is 0 Å². The normalized spacial score (nSPS) is 22.9. The summed E-state index contributed by atoms with van der Waals surface area (Å²) < 4.78 is 5.31. The highest BCUT2D eigenvalue weighted by Crippen LogP contribution is 2.34. The first kappa shape index (κ1) is 17.1. The van der Waals surface area contributed by atoms with E-state index in [1.54, 1.807) is 30.0 Å². The number of hydrogen-bond acceptors (Lipinski definition) is 4. The van der Waals surface area contributed by atoms with Gasteiger partial charge in [-0.3, -0.25) is 14.5 Å². The van der Waals surface area contributed by atoms with Crippen LogP contribution in [0.1, 0.15) is 23.7 Å². The Kier molecular flexibility index (Phi) is 4.28.